The Balaban J connectivity index is 3.11. The maximum atomic E-state index is 10.7. The van der Waals surface area contributed by atoms with Crippen LogP contribution in [0.2, 0.25) is 0 Å². The van der Waals surface area contributed by atoms with E-state index in [1.54, 1.807) is 0 Å². The molecule has 1 N–H and O–H groups in total. The third-order valence-electron chi connectivity index (χ3n) is 5.18. The topological polar surface area (TPSA) is 20.2 Å². The van der Waals surface area contributed by atoms with Gasteiger partial charge in [0.1, 0.15) is 0 Å². The minimum absolute atomic E-state index is 0.115. The molecular formula is C23H41Cl2OP. The first-order valence-electron chi connectivity index (χ1n) is 10.6. The number of aryl methyl sites for hydroxylation is 1. The van der Waals surface area contributed by atoms with Gasteiger partial charge < -0.3 is 0 Å². The van der Waals surface area contributed by atoms with Crippen molar-refractivity contribution < 1.29 is 4.89 Å². The van der Waals surface area contributed by atoms with E-state index in [1.807, 2.05) is 0 Å². The summed E-state index contributed by atoms with van der Waals surface area (Å²) in [4.78, 5) is 10.7. The molecule has 1 aromatic carbocycles. The summed E-state index contributed by atoms with van der Waals surface area (Å²) in [5.74, 6) is 0. The fraction of sp³-hybridized carbons (Fsp3) is 0.739. The molecule has 0 amide bonds. The van der Waals surface area contributed by atoms with Crippen LogP contribution in [0.4, 0.5) is 0 Å². The van der Waals surface area contributed by atoms with E-state index in [-0.39, 0.29) is 10.8 Å². The molecule has 4 heteroatoms. The van der Waals surface area contributed by atoms with Crippen molar-refractivity contribution in [2.24, 2.45) is 0 Å². The van der Waals surface area contributed by atoms with Gasteiger partial charge in [-0.15, -0.1) is 0 Å². The van der Waals surface area contributed by atoms with Gasteiger partial charge >= 0.3 is 171 Å². The Hall–Kier alpha value is 0.190. The summed E-state index contributed by atoms with van der Waals surface area (Å²) < 4.78 is 0. The average Bonchev–Trinajstić information content (AvgIpc) is 2.50. The number of unbranched alkanes of at least 4 members (excludes halogenated alkanes) is 6. The first-order valence-corrected chi connectivity index (χ1v) is 14.5. The molecule has 0 aliphatic rings. The first-order chi connectivity index (χ1) is 12.3. The van der Waals surface area contributed by atoms with E-state index in [0.29, 0.717) is 0 Å². The van der Waals surface area contributed by atoms with Crippen molar-refractivity contribution in [3.8, 4) is 0 Å². The Morgan fingerprint density at radius 1 is 0.778 bits per heavy atom. The molecule has 0 atom stereocenters. The van der Waals surface area contributed by atoms with Crippen LogP contribution in [0.25, 0.3) is 0 Å². The molecule has 0 saturated heterocycles. The molecule has 0 spiro atoms. The van der Waals surface area contributed by atoms with E-state index >= 15 is 0 Å². The van der Waals surface area contributed by atoms with Crippen LogP contribution in [0.5, 0.6) is 0 Å². The predicted molar refractivity (Wildman–Crippen MR) is 127 cm³/mol. The normalized spacial score (nSPS) is 13.9. The second-order valence-electron chi connectivity index (χ2n) is 9.98. The molecule has 1 aromatic rings. The van der Waals surface area contributed by atoms with Gasteiger partial charge in [0.25, 0.3) is 0 Å². The van der Waals surface area contributed by atoms with E-state index in [2.05, 4.69) is 60.6 Å². The van der Waals surface area contributed by atoms with Crippen LogP contribution in [0.1, 0.15) is 110 Å². The Labute approximate surface area is 178 Å². The van der Waals surface area contributed by atoms with Gasteiger partial charge in [0.15, 0.2) is 0 Å². The van der Waals surface area contributed by atoms with Crippen LogP contribution in [-0.4, -0.2) is 4.89 Å². The van der Waals surface area contributed by atoms with Gasteiger partial charge in [-0.25, -0.2) is 0 Å². The summed E-state index contributed by atoms with van der Waals surface area (Å²) in [7, 11) is 0. The summed E-state index contributed by atoms with van der Waals surface area (Å²) in [6.45, 7) is 15.3. The van der Waals surface area contributed by atoms with Crippen LogP contribution in [0, 0.1) is 0 Å². The molecule has 0 aliphatic carbocycles. The molecule has 0 fully saturated rings. The molecule has 158 valence electrons. The van der Waals surface area contributed by atoms with Gasteiger partial charge in [-0.2, -0.15) is 0 Å². The quantitative estimate of drug-likeness (QED) is 0.306. The molecule has 27 heavy (non-hydrogen) atoms. The van der Waals surface area contributed by atoms with Crippen molar-refractivity contribution >= 4 is 34.0 Å². The number of benzene rings is 1. The van der Waals surface area contributed by atoms with E-state index in [1.165, 1.54) is 50.5 Å². The van der Waals surface area contributed by atoms with E-state index in [4.69, 9.17) is 22.5 Å². The Morgan fingerprint density at radius 2 is 1.19 bits per heavy atom. The van der Waals surface area contributed by atoms with Gasteiger partial charge in [0.2, 0.25) is 0 Å². The van der Waals surface area contributed by atoms with E-state index in [0.717, 1.165) is 22.9 Å². The summed E-state index contributed by atoms with van der Waals surface area (Å²) >= 11 is 12.8. The van der Waals surface area contributed by atoms with Crippen molar-refractivity contribution in [1.82, 2.24) is 0 Å². The summed E-state index contributed by atoms with van der Waals surface area (Å²) in [6, 6.07) is 4.48. The molecule has 0 saturated carbocycles. The number of hydrogen-bond donors (Lipinski definition) is 1. The van der Waals surface area contributed by atoms with Gasteiger partial charge in [0.05, 0.1) is 0 Å². The molecule has 0 bridgehead atoms. The summed E-state index contributed by atoms with van der Waals surface area (Å²) in [5.41, 5.74) is 3.32. The summed E-state index contributed by atoms with van der Waals surface area (Å²) in [5, 5.41) is 0.800. The zero-order valence-corrected chi connectivity index (χ0v) is 21.0. The monoisotopic (exact) mass is 434 g/mol. The van der Waals surface area contributed by atoms with Crippen LogP contribution >= 0.6 is 28.7 Å². The second-order valence-corrected chi connectivity index (χ2v) is 15.4. The minimum atomic E-state index is -3.48. The second kappa shape index (κ2) is 10.3. The predicted octanol–water partition coefficient (Wildman–Crippen LogP) is 8.16. The zero-order chi connectivity index (χ0) is 20.9. The molecule has 1 rings (SSSR count). The Morgan fingerprint density at radius 3 is 1.56 bits per heavy atom. The first kappa shape index (κ1) is 25.2. The van der Waals surface area contributed by atoms with Crippen molar-refractivity contribution in [3.63, 3.8) is 0 Å². The van der Waals surface area contributed by atoms with Crippen molar-refractivity contribution in [3.05, 3.63) is 28.8 Å². The molecule has 0 aromatic heterocycles. The number of hydrogen-bond acceptors (Lipinski definition) is 1. The summed E-state index contributed by atoms with van der Waals surface area (Å²) in [6.07, 6.45) is 6.79. The fourth-order valence-corrected chi connectivity index (χ4v) is 6.40. The van der Waals surface area contributed by atoms with Gasteiger partial charge in [0, 0.05) is 0 Å². The molecule has 0 unspecified atom stereocenters. The molecule has 0 radical (unpaired) electrons. The van der Waals surface area contributed by atoms with Gasteiger partial charge in [-0.05, 0) is 0 Å². The Kier molecular flexibility index (Phi) is 9.61. The van der Waals surface area contributed by atoms with Crippen LogP contribution in [0.15, 0.2) is 12.1 Å². The fourth-order valence-electron chi connectivity index (χ4n) is 3.64. The average molecular weight is 435 g/mol. The van der Waals surface area contributed by atoms with Crippen LogP contribution in [0.3, 0.4) is 0 Å². The van der Waals surface area contributed by atoms with Crippen molar-refractivity contribution in [1.29, 1.82) is 0 Å². The third kappa shape index (κ3) is 8.22. The SMILES string of the molecule is CCCCCCCCCc1cc(C(C)(C)C)c([PH](O)(Cl)Cl)c(C(C)(C)C)c1. The third-order valence-corrected chi connectivity index (χ3v) is 7.46. The number of rotatable bonds is 9. The van der Waals surface area contributed by atoms with Crippen LogP contribution in [-0.2, 0) is 17.3 Å². The van der Waals surface area contributed by atoms with Crippen molar-refractivity contribution in [2.45, 2.75) is 111 Å². The van der Waals surface area contributed by atoms with E-state index in [9.17, 15) is 4.89 Å². The zero-order valence-electron chi connectivity index (χ0n) is 18.5. The molecule has 0 heterocycles. The standard InChI is InChI=1S/C23H41Cl2OP/c1-8-9-10-11-12-13-14-15-18-16-19(22(2,3)4)21(27(24,25)26)20(17-18)23(5,6)7/h16-17,26-27H,8-15H2,1-7H3. The molecular weight excluding hydrogens is 394 g/mol. The maximum absolute atomic E-state index is 10.7. The van der Waals surface area contributed by atoms with E-state index < -0.39 is 6.19 Å². The van der Waals surface area contributed by atoms with Crippen molar-refractivity contribution in [2.75, 3.05) is 0 Å². The number of halogens is 2. The Bertz CT molecular complexity index is 557. The van der Waals surface area contributed by atoms with Gasteiger partial charge in [-0.3, -0.25) is 0 Å². The van der Waals surface area contributed by atoms with Crippen LogP contribution < -0.4 is 5.30 Å². The molecule has 0 aliphatic heterocycles. The molecule has 1 nitrogen and oxygen atoms in total. The van der Waals surface area contributed by atoms with Gasteiger partial charge in [-0.1, -0.05) is 6.92 Å².